The van der Waals surface area contributed by atoms with E-state index < -0.39 is 0 Å². The highest BCUT2D eigenvalue weighted by atomic mass is 127. The highest BCUT2D eigenvalue weighted by molar-refractivity contribution is 14.0. The molecule has 1 atom stereocenters. The van der Waals surface area contributed by atoms with Gasteiger partial charge in [0.05, 0.1) is 13.7 Å². The van der Waals surface area contributed by atoms with Gasteiger partial charge in [-0.25, -0.2) is 0 Å². The van der Waals surface area contributed by atoms with Gasteiger partial charge in [-0.15, -0.1) is 24.0 Å². The van der Waals surface area contributed by atoms with Crippen LogP contribution in [0.2, 0.25) is 0 Å². The van der Waals surface area contributed by atoms with Crippen molar-refractivity contribution < 1.29 is 9.47 Å². The monoisotopic (exact) mass is 461 g/mol. The van der Waals surface area contributed by atoms with Crippen molar-refractivity contribution in [3.05, 3.63) is 46.7 Å². The van der Waals surface area contributed by atoms with Gasteiger partial charge in [0.2, 0.25) is 0 Å². The van der Waals surface area contributed by atoms with Crippen LogP contribution in [0.15, 0.2) is 46.1 Å². The number of nitrogens with zero attached hydrogens (tertiary/aromatic N) is 1. The third-order valence-electron chi connectivity index (χ3n) is 3.20. The molecule has 0 aliphatic rings. The Labute approximate surface area is 164 Å². The van der Waals surface area contributed by atoms with E-state index in [2.05, 4.69) is 32.5 Å². The molecule has 1 heterocycles. The van der Waals surface area contributed by atoms with Crippen molar-refractivity contribution >= 4 is 41.3 Å². The zero-order valence-electron chi connectivity index (χ0n) is 14.1. The molecule has 1 unspecified atom stereocenters. The number of aliphatic imine (C=N–C) groups is 1. The van der Waals surface area contributed by atoms with Crippen molar-refractivity contribution in [2.24, 2.45) is 4.99 Å². The van der Waals surface area contributed by atoms with E-state index in [0.29, 0.717) is 6.54 Å². The lowest BCUT2D eigenvalue weighted by molar-refractivity contribution is 0.223. The summed E-state index contributed by atoms with van der Waals surface area (Å²) in [5.41, 5.74) is 1.25. The van der Waals surface area contributed by atoms with Crippen LogP contribution in [-0.2, 0) is 6.54 Å². The normalized spacial score (nSPS) is 12.0. The number of halogens is 1. The fraction of sp³-hybridized carbons (Fsp3) is 0.353. The van der Waals surface area contributed by atoms with Crippen LogP contribution >= 0.6 is 35.3 Å². The largest absolute Gasteiger partial charge is 0.497 e. The third kappa shape index (κ3) is 6.96. The molecular weight excluding hydrogens is 437 g/mol. The molecule has 132 valence electrons. The molecule has 2 rings (SSSR count). The highest BCUT2D eigenvalue weighted by Crippen LogP contribution is 2.19. The molecule has 0 radical (unpaired) electrons. The molecule has 0 saturated heterocycles. The molecule has 2 aromatic rings. The Bertz CT molecular complexity index is 620. The third-order valence-corrected chi connectivity index (χ3v) is 3.93. The Morgan fingerprint density at radius 2 is 2.04 bits per heavy atom. The number of benzene rings is 1. The minimum absolute atomic E-state index is 0. The summed E-state index contributed by atoms with van der Waals surface area (Å²) < 4.78 is 11.1. The topological polar surface area (TPSA) is 54.9 Å². The lowest BCUT2D eigenvalue weighted by Crippen LogP contribution is -2.41. The number of nitrogens with one attached hydrogen (secondary N) is 2. The van der Waals surface area contributed by atoms with Crippen molar-refractivity contribution in [2.45, 2.75) is 19.6 Å². The van der Waals surface area contributed by atoms with Crippen LogP contribution in [0.1, 0.15) is 12.5 Å². The van der Waals surface area contributed by atoms with Gasteiger partial charge in [-0.2, -0.15) is 11.3 Å². The maximum absolute atomic E-state index is 5.88. The van der Waals surface area contributed by atoms with Crippen LogP contribution < -0.4 is 20.1 Å². The van der Waals surface area contributed by atoms with E-state index in [-0.39, 0.29) is 30.1 Å². The maximum atomic E-state index is 5.88. The summed E-state index contributed by atoms with van der Waals surface area (Å²) in [5, 5.41) is 10.7. The van der Waals surface area contributed by atoms with E-state index in [1.165, 1.54) is 5.56 Å². The zero-order valence-corrected chi connectivity index (χ0v) is 17.3. The summed E-state index contributed by atoms with van der Waals surface area (Å²) in [6.45, 7) is 3.42. The second-order valence-electron chi connectivity index (χ2n) is 5.05. The first-order valence-electron chi connectivity index (χ1n) is 7.47. The molecule has 5 nitrogen and oxygen atoms in total. The molecular formula is C17H24IN3O2S. The average molecular weight is 461 g/mol. The molecule has 0 fully saturated rings. The van der Waals surface area contributed by atoms with Crippen LogP contribution in [0.5, 0.6) is 11.5 Å². The first-order chi connectivity index (χ1) is 11.2. The second kappa shape index (κ2) is 11.1. The average Bonchev–Trinajstić information content (AvgIpc) is 3.08. The fourth-order valence-electron chi connectivity index (χ4n) is 1.99. The van der Waals surface area contributed by atoms with Gasteiger partial charge < -0.3 is 20.1 Å². The molecule has 7 heteroatoms. The highest BCUT2D eigenvalue weighted by Gasteiger charge is 2.06. The predicted octanol–water partition coefficient (Wildman–Crippen LogP) is 3.51. The van der Waals surface area contributed by atoms with Gasteiger partial charge in [0.25, 0.3) is 0 Å². The Morgan fingerprint density at radius 1 is 1.25 bits per heavy atom. The van der Waals surface area contributed by atoms with E-state index in [9.17, 15) is 0 Å². The predicted molar refractivity (Wildman–Crippen MR) is 111 cm³/mol. The van der Waals surface area contributed by atoms with Crippen LogP contribution in [0.4, 0.5) is 0 Å². The van der Waals surface area contributed by atoms with Gasteiger partial charge in [-0.1, -0.05) is 6.07 Å². The van der Waals surface area contributed by atoms with Gasteiger partial charge in [0.1, 0.15) is 17.6 Å². The summed E-state index contributed by atoms with van der Waals surface area (Å²) in [6, 6.07) is 9.70. The quantitative estimate of drug-likeness (QED) is 0.377. The summed E-state index contributed by atoms with van der Waals surface area (Å²) >= 11 is 1.69. The van der Waals surface area contributed by atoms with E-state index in [0.717, 1.165) is 24.0 Å². The first-order valence-corrected chi connectivity index (χ1v) is 8.42. The van der Waals surface area contributed by atoms with Crippen LogP contribution in [0, 0.1) is 0 Å². The first kappa shape index (κ1) is 20.6. The Kier molecular flexibility index (Phi) is 9.55. The minimum atomic E-state index is 0. The molecule has 2 N–H and O–H groups in total. The second-order valence-corrected chi connectivity index (χ2v) is 5.83. The summed E-state index contributed by atoms with van der Waals surface area (Å²) in [6.07, 6.45) is 0.00167. The minimum Gasteiger partial charge on any atom is -0.497 e. The summed E-state index contributed by atoms with van der Waals surface area (Å²) in [4.78, 5) is 4.22. The van der Waals surface area contributed by atoms with Crippen molar-refractivity contribution in [2.75, 3.05) is 20.7 Å². The number of rotatable bonds is 7. The molecule has 0 bridgehead atoms. The van der Waals surface area contributed by atoms with Crippen molar-refractivity contribution in [3.8, 4) is 11.5 Å². The zero-order chi connectivity index (χ0) is 16.5. The van der Waals surface area contributed by atoms with Crippen molar-refractivity contribution in [3.63, 3.8) is 0 Å². The lowest BCUT2D eigenvalue weighted by Gasteiger charge is -2.18. The molecule has 0 spiro atoms. The van der Waals surface area contributed by atoms with Crippen molar-refractivity contribution in [1.82, 2.24) is 10.6 Å². The molecule has 0 amide bonds. The van der Waals surface area contributed by atoms with Gasteiger partial charge in [0.15, 0.2) is 5.96 Å². The van der Waals surface area contributed by atoms with Crippen LogP contribution in [0.25, 0.3) is 0 Å². The summed E-state index contributed by atoms with van der Waals surface area (Å²) in [5.74, 6) is 2.34. The van der Waals surface area contributed by atoms with E-state index in [4.69, 9.17) is 9.47 Å². The Morgan fingerprint density at radius 3 is 2.71 bits per heavy atom. The van der Waals surface area contributed by atoms with Crippen LogP contribution in [0.3, 0.4) is 0 Å². The molecule has 0 aliphatic carbocycles. The maximum Gasteiger partial charge on any atom is 0.191 e. The number of methoxy groups -OCH3 is 1. The molecule has 1 aromatic heterocycles. The van der Waals surface area contributed by atoms with Crippen LogP contribution in [-0.4, -0.2) is 32.8 Å². The molecule has 0 saturated carbocycles. The fourth-order valence-corrected chi connectivity index (χ4v) is 2.66. The molecule has 1 aromatic carbocycles. The van der Waals surface area contributed by atoms with E-state index in [1.807, 2.05) is 31.2 Å². The number of guanidine groups is 1. The standard InChI is InChI=1S/C17H23N3O2S.HI/c1-13(22-16-6-4-5-15(9-16)21-3)10-19-17(18-2)20-11-14-7-8-23-12-14;/h4-9,12-13H,10-11H2,1-3H3,(H2,18,19,20);1H. The Balaban J connectivity index is 0.00000288. The van der Waals surface area contributed by atoms with Gasteiger partial charge in [-0.05, 0) is 41.4 Å². The summed E-state index contributed by atoms with van der Waals surface area (Å²) in [7, 11) is 3.41. The number of thiophene rings is 1. The smallest absolute Gasteiger partial charge is 0.191 e. The van der Waals surface area contributed by atoms with Gasteiger partial charge in [0, 0.05) is 19.7 Å². The van der Waals surface area contributed by atoms with E-state index >= 15 is 0 Å². The lowest BCUT2D eigenvalue weighted by atomic mass is 10.3. The SMILES string of the molecule is CN=C(NCc1ccsc1)NCC(C)Oc1cccc(OC)c1.I. The Hall–Kier alpha value is -1.48. The van der Waals surface area contributed by atoms with Crippen molar-refractivity contribution in [1.29, 1.82) is 0 Å². The molecule has 0 aliphatic heterocycles. The number of hydrogen-bond acceptors (Lipinski definition) is 4. The number of ether oxygens (including phenoxy) is 2. The number of hydrogen-bond donors (Lipinski definition) is 2. The molecule has 24 heavy (non-hydrogen) atoms. The van der Waals surface area contributed by atoms with E-state index in [1.54, 1.807) is 25.5 Å². The van der Waals surface area contributed by atoms with Gasteiger partial charge in [-0.3, -0.25) is 4.99 Å². The van der Waals surface area contributed by atoms with Gasteiger partial charge >= 0.3 is 0 Å².